The maximum absolute atomic E-state index is 12.7. The number of aryl methyl sites for hydroxylation is 2. The Kier molecular flexibility index (Phi) is 2.74. The van der Waals surface area contributed by atoms with Crippen molar-refractivity contribution in [3.05, 3.63) is 35.9 Å². The zero-order valence-corrected chi connectivity index (χ0v) is 10.1. The first-order valence-electron chi connectivity index (χ1n) is 4.87. The Morgan fingerprint density at radius 3 is 2.18 bits per heavy atom. The maximum atomic E-state index is 12.7. The van der Waals surface area contributed by atoms with Crippen molar-refractivity contribution in [2.24, 2.45) is 0 Å². The lowest BCUT2D eigenvalue weighted by atomic mass is 10.1. The number of benzene rings is 1. The summed E-state index contributed by atoms with van der Waals surface area (Å²) in [5, 5.41) is 0. The lowest BCUT2D eigenvalue weighted by Gasteiger charge is -1.98. The SMILES string of the molecule is Cc1nc(-c2ccc(S(=O)(=O)F)cc2)c(C)o1. The maximum Gasteiger partial charge on any atom is 0.332 e. The highest BCUT2D eigenvalue weighted by atomic mass is 32.3. The Morgan fingerprint density at radius 1 is 1.18 bits per heavy atom. The first-order valence-corrected chi connectivity index (χ1v) is 6.25. The molecule has 0 aliphatic carbocycles. The predicted octanol–water partition coefficient (Wildman–Crippen LogP) is 2.62. The van der Waals surface area contributed by atoms with Crippen LogP contribution in [-0.2, 0) is 10.2 Å². The predicted molar refractivity (Wildman–Crippen MR) is 59.7 cm³/mol. The van der Waals surface area contributed by atoms with E-state index in [1.807, 2.05) is 0 Å². The molecule has 0 amide bonds. The van der Waals surface area contributed by atoms with Crippen LogP contribution in [0.5, 0.6) is 0 Å². The molecule has 1 heterocycles. The van der Waals surface area contributed by atoms with Gasteiger partial charge in [0.05, 0.1) is 4.90 Å². The van der Waals surface area contributed by atoms with Gasteiger partial charge >= 0.3 is 10.2 Å². The molecule has 0 radical (unpaired) electrons. The molecule has 0 aliphatic heterocycles. The first-order chi connectivity index (χ1) is 7.88. The normalized spacial score (nSPS) is 11.7. The molecule has 0 fully saturated rings. The summed E-state index contributed by atoms with van der Waals surface area (Å²) >= 11 is 0. The highest BCUT2D eigenvalue weighted by molar-refractivity contribution is 7.86. The summed E-state index contributed by atoms with van der Waals surface area (Å²) in [5.74, 6) is 1.16. The molecular weight excluding hydrogens is 245 g/mol. The Balaban J connectivity index is 2.46. The molecule has 0 aliphatic rings. The molecule has 2 rings (SSSR count). The molecule has 6 heteroatoms. The second-order valence-electron chi connectivity index (χ2n) is 3.60. The van der Waals surface area contributed by atoms with Crippen molar-refractivity contribution in [1.29, 1.82) is 0 Å². The Bertz CT molecular complexity index is 644. The molecule has 0 saturated heterocycles. The second kappa shape index (κ2) is 3.96. The highest BCUT2D eigenvalue weighted by Crippen LogP contribution is 2.24. The van der Waals surface area contributed by atoms with Crippen LogP contribution in [0.25, 0.3) is 11.3 Å². The van der Waals surface area contributed by atoms with Gasteiger partial charge in [0.25, 0.3) is 0 Å². The zero-order chi connectivity index (χ0) is 12.6. The number of hydrogen-bond donors (Lipinski definition) is 0. The fourth-order valence-electron chi connectivity index (χ4n) is 1.57. The minimum atomic E-state index is -4.65. The van der Waals surface area contributed by atoms with Crippen molar-refractivity contribution >= 4 is 10.2 Å². The van der Waals surface area contributed by atoms with Gasteiger partial charge in [-0.3, -0.25) is 0 Å². The first kappa shape index (κ1) is 11.8. The zero-order valence-electron chi connectivity index (χ0n) is 9.27. The fraction of sp³-hybridized carbons (Fsp3) is 0.182. The van der Waals surface area contributed by atoms with E-state index in [0.29, 0.717) is 22.9 Å². The molecule has 0 spiro atoms. The van der Waals surface area contributed by atoms with Gasteiger partial charge in [0.15, 0.2) is 5.89 Å². The van der Waals surface area contributed by atoms with Gasteiger partial charge in [0.2, 0.25) is 0 Å². The molecular formula is C11H10FNO3S. The molecule has 90 valence electrons. The van der Waals surface area contributed by atoms with Crippen LogP contribution >= 0.6 is 0 Å². The average Bonchev–Trinajstić information content (AvgIpc) is 2.57. The average molecular weight is 255 g/mol. The van der Waals surface area contributed by atoms with Gasteiger partial charge in [-0.25, -0.2) is 4.98 Å². The van der Waals surface area contributed by atoms with Gasteiger partial charge in [-0.1, -0.05) is 12.1 Å². The van der Waals surface area contributed by atoms with E-state index < -0.39 is 10.2 Å². The van der Waals surface area contributed by atoms with Crippen LogP contribution < -0.4 is 0 Å². The van der Waals surface area contributed by atoms with Crippen molar-refractivity contribution in [1.82, 2.24) is 4.98 Å². The molecule has 0 unspecified atom stereocenters. The van der Waals surface area contributed by atoms with Gasteiger partial charge < -0.3 is 4.42 Å². The monoisotopic (exact) mass is 255 g/mol. The molecule has 1 aromatic carbocycles. The Labute approximate surface area is 98.3 Å². The van der Waals surface area contributed by atoms with E-state index >= 15 is 0 Å². The van der Waals surface area contributed by atoms with E-state index in [-0.39, 0.29) is 4.90 Å². The van der Waals surface area contributed by atoms with Crippen LogP contribution in [0, 0.1) is 13.8 Å². The van der Waals surface area contributed by atoms with E-state index in [1.165, 1.54) is 24.3 Å². The third kappa shape index (κ3) is 2.36. The summed E-state index contributed by atoms with van der Waals surface area (Å²) in [6.07, 6.45) is 0. The van der Waals surface area contributed by atoms with E-state index in [9.17, 15) is 12.3 Å². The number of aromatic nitrogens is 1. The lowest BCUT2D eigenvalue weighted by Crippen LogP contribution is -1.91. The Morgan fingerprint density at radius 2 is 1.76 bits per heavy atom. The standard InChI is InChI=1S/C11H10FNO3S/c1-7-11(13-8(2)16-7)9-3-5-10(6-4-9)17(12,14)15/h3-6H,1-2H3. The number of hydrogen-bond acceptors (Lipinski definition) is 4. The molecule has 0 N–H and O–H groups in total. The fourth-order valence-corrected chi connectivity index (χ4v) is 2.03. The number of halogens is 1. The van der Waals surface area contributed by atoms with Crippen molar-refractivity contribution < 1.29 is 16.7 Å². The lowest BCUT2D eigenvalue weighted by molar-refractivity contribution is 0.495. The molecule has 0 atom stereocenters. The summed E-state index contributed by atoms with van der Waals surface area (Å²) in [6, 6.07) is 5.40. The van der Waals surface area contributed by atoms with Crippen LogP contribution in [0.3, 0.4) is 0 Å². The minimum absolute atomic E-state index is 0.362. The smallest absolute Gasteiger partial charge is 0.332 e. The van der Waals surface area contributed by atoms with Gasteiger partial charge in [-0.05, 0) is 19.1 Å². The van der Waals surface area contributed by atoms with E-state index in [0.717, 1.165) is 0 Å². The minimum Gasteiger partial charge on any atom is -0.446 e. The van der Waals surface area contributed by atoms with Crippen LogP contribution in [0.15, 0.2) is 33.6 Å². The molecule has 0 bridgehead atoms. The van der Waals surface area contributed by atoms with E-state index in [4.69, 9.17) is 4.42 Å². The summed E-state index contributed by atoms with van der Waals surface area (Å²) in [5.41, 5.74) is 1.32. The number of oxazole rings is 1. The topological polar surface area (TPSA) is 60.2 Å². The molecule has 17 heavy (non-hydrogen) atoms. The van der Waals surface area contributed by atoms with Gasteiger partial charge in [0.1, 0.15) is 11.5 Å². The number of nitrogens with zero attached hydrogens (tertiary/aromatic N) is 1. The third-order valence-corrected chi connectivity index (χ3v) is 3.15. The van der Waals surface area contributed by atoms with Crippen molar-refractivity contribution in [3.63, 3.8) is 0 Å². The van der Waals surface area contributed by atoms with E-state index in [2.05, 4.69) is 4.98 Å². The summed E-state index contributed by atoms with van der Waals surface area (Å²) in [7, 11) is -4.65. The third-order valence-electron chi connectivity index (χ3n) is 2.31. The molecule has 1 aromatic heterocycles. The van der Waals surface area contributed by atoms with Crippen LogP contribution in [0.1, 0.15) is 11.7 Å². The van der Waals surface area contributed by atoms with Crippen LogP contribution in [0.4, 0.5) is 3.89 Å². The molecule has 0 saturated carbocycles. The molecule has 4 nitrogen and oxygen atoms in total. The van der Waals surface area contributed by atoms with Crippen molar-refractivity contribution in [2.75, 3.05) is 0 Å². The summed E-state index contributed by atoms with van der Waals surface area (Å²) < 4.78 is 39.2. The van der Waals surface area contributed by atoms with Crippen molar-refractivity contribution in [3.8, 4) is 11.3 Å². The molecule has 2 aromatic rings. The van der Waals surface area contributed by atoms with Crippen molar-refractivity contribution in [2.45, 2.75) is 18.7 Å². The number of rotatable bonds is 2. The van der Waals surface area contributed by atoms with Crippen LogP contribution in [-0.4, -0.2) is 13.4 Å². The van der Waals surface area contributed by atoms with E-state index in [1.54, 1.807) is 13.8 Å². The summed E-state index contributed by atoms with van der Waals surface area (Å²) in [6.45, 7) is 3.48. The second-order valence-corrected chi connectivity index (χ2v) is 4.95. The highest BCUT2D eigenvalue weighted by Gasteiger charge is 2.13. The Hall–Kier alpha value is -1.69. The quantitative estimate of drug-likeness (QED) is 0.774. The van der Waals surface area contributed by atoms with Gasteiger partial charge in [-0.2, -0.15) is 8.42 Å². The van der Waals surface area contributed by atoms with Gasteiger partial charge in [0, 0.05) is 12.5 Å². The van der Waals surface area contributed by atoms with Crippen LogP contribution in [0.2, 0.25) is 0 Å². The van der Waals surface area contributed by atoms with Gasteiger partial charge in [-0.15, -0.1) is 3.89 Å². The largest absolute Gasteiger partial charge is 0.446 e. The summed E-state index contributed by atoms with van der Waals surface area (Å²) in [4.78, 5) is 3.80.